The summed E-state index contributed by atoms with van der Waals surface area (Å²) in [5, 5.41) is 0. The number of hydrogen-bond acceptors (Lipinski definition) is 4. The van der Waals surface area contributed by atoms with E-state index in [1.54, 1.807) is 6.92 Å². The van der Waals surface area contributed by atoms with E-state index < -0.39 is 17.8 Å². The summed E-state index contributed by atoms with van der Waals surface area (Å²) in [6.07, 6.45) is 0.231. The zero-order valence-electron chi connectivity index (χ0n) is 7.94. The quantitative estimate of drug-likeness (QED) is 0.447. The van der Waals surface area contributed by atoms with Gasteiger partial charge in [-0.25, -0.2) is 9.69 Å². The number of hydrogen-bond donors (Lipinski definition) is 0. The molecule has 1 aliphatic rings. The normalized spacial score (nSPS) is 16.9. The smallest absolute Gasteiger partial charge is 0.298 e. The highest BCUT2D eigenvalue weighted by Crippen LogP contribution is 2.09. The fourth-order valence-corrected chi connectivity index (χ4v) is 1.04. The number of urea groups is 1. The minimum atomic E-state index is -0.931. The molecule has 0 N–H and O–H groups in total. The molecule has 0 unspecified atom stereocenters. The number of amides is 4. The van der Waals surface area contributed by atoms with E-state index in [9.17, 15) is 19.2 Å². The monoisotopic (exact) mass is 198 g/mol. The average molecular weight is 198 g/mol. The van der Waals surface area contributed by atoms with E-state index in [4.69, 9.17) is 0 Å². The van der Waals surface area contributed by atoms with Gasteiger partial charge in [0.1, 0.15) is 0 Å². The average Bonchev–Trinajstić information content (AvgIpc) is 2.35. The Bertz CT molecular complexity index is 323. The molecule has 1 rings (SSSR count). The van der Waals surface area contributed by atoms with Crippen LogP contribution in [0, 0.1) is 0 Å². The van der Waals surface area contributed by atoms with Gasteiger partial charge in [-0.05, 0) is 0 Å². The minimum Gasteiger partial charge on any atom is -0.298 e. The summed E-state index contributed by atoms with van der Waals surface area (Å²) in [6.45, 7) is 1.31. The van der Waals surface area contributed by atoms with E-state index in [1.807, 2.05) is 0 Å². The Morgan fingerprint density at radius 2 is 1.79 bits per heavy atom. The van der Waals surface area contributed by atoms with Crippen molar-refractivity contribution in [2.45, 2.75) is 13.3 Å². The maximum atomic E-state index is 11.2. The Kier molecular flexibility index (Phi) is 2.64. The molecule has 0 bridgehead atoms. The SMILES string of the molecule is CCC(=O)CN1C(=O)C(=O)N(C)C1=O. The van der Waals surface area contributed by atoms with Gasteiger partial charge in [0.05, 0.1) is 6.54 Å². The van der Waals surface area contributed by atoms with E-state index in [2.05, 4.69) is 0 Å². The number of ketones is 1. The molecule has 0 aromatic rings. The van der Waals surface area contributed by atoms with E-state index in [-0.39, 0.29) is 18.7 Å². The third-order valence-electron chi connectivity index (χ3n) is 1.98. The van der Waals surface area contributed by atoms with Gasteiger partial charge in [-0.15, -0.1) is 0 Å². The third-order valence-corrected chi connectivity index (χ3v) is 1.98. The second-order valence-electron chi connectivity index (χ2n) is 2.93. The lowest BCUT2D eigenvalue weighted by Gasteiger charge is -2.10. The van der Waals surface area contributed by atoms with Crippen LogP contribution in [-0.2, 0) is 14.4 Å². The first-order valence-corrected chi connectivity index (χ1v) is 4.14. The minimum absolute atomic E-state index is 0.231. The Hall–Kier alpha value is -1.72. The molecule has 1 aliphatic heterocycles. The molecule has 0 saturated carbocycles. The van der Waals surface area contributed by atoms with Crippen LogP contribution in [0.3, 0.4) is 0 Å². The molecule has 0 aliphatic carbocycles. The fraction of sp³-hybridized carbons (Fsp3) is 0.500. The van der Waals surface area contributed by atoms with Crippen LogP contribution in [-0.4, -0.2) is 47.0 Å². The zero-order chi connectivity index (χ0) is 10.9. The Balaban J connectivity index is 2.80. The molecular formula is C8H10N2O4. The lowest BCUT2D eigenvalue weighted by molar-refractivity contribution is -0.143. The summed E-state index contributed by atoms with van der Waals surface area (Å²) in [5.74, 6) is -2.08. The van der Waals surface area contributed by atoms with Crippen LogP contribution in [0.2, 0.25) is 0 Å². The van der Waals surface area contributed by atoms with Gasteiger partial charge in [-0.3, -0.25) is 19.3 Å². The van der Waals surface area contributed by atoms with Gasteiger partial charge in [-0.2, -0.15) is 0 Å². The number of likely N-dealkylation sites (N-methyl/N-ethyl adjacent to an activating group) is 1. The molecule has 0 aromatic heterocycles. The summed E-state index contributed by atoms with van der Waals surface area (Å²) in [7, 11) is 1.21. The Morgan fingerprint density at radius 1 is 1.21 bits per heavy atom. The topological polar surface area (TPSA) is 74.8 Å². The van der Waals surface area contributed by atoms with Crippen molar-refractivity contribution in [2.24, 2.45) is 0 Å². The number of nitrogens with zero attached hydrogens (tertiary/aromatic N) is 2. The molecule has 0 radical (unpaired) electrons. The molecule has 1 fully saturated rings. The van der Waals surface area contributed by atoms with Gasteiger partial charge in [0, 0.05) is 13.5 Å². The number of imide groups is 2. The standard InChI is InChI=1S/C8H10N2O4/c1-3-5(11)4-10-7(13)6(12)9(2)8(10)14/h3-4H2,1-2H3. The largest absolute Gasteiger partial charge is 0.334 e. The number of Topliss-reactive ketones (excluding diaryl/α,β-unsaturated/α-hetero) is 1. The second-order valence-corrected chi connectivity index (χ2v) is 2.93. The van der Waals surface area contributed by atoms with Crippen LogP contribution < -0.4 is 0 Å². The highest BCUT2D eigenvalue weighted by atomic mass is 16.2. The maximum absolute atomic E-state index is 11.2. The van der Waals surface area contributed by atoms with Crippen molar-refractivity contribution in [3.63, 3.8) is 0 Å². The highest BCUT2D eigenvalue weighted by molar-refractivity contribution is 6.44. The van der Waals surface area contributed by atoms with Gasteiger partial charge in [-0.1, -0.05) is 6.92 Å². The number of rotatable bonds is 3. The Labute approximate surface area is 80.5 Å². The Morgan fingerprint density at radius 3 is 2.14 bits per heavy atom. The highest BCUT2D eigenvalue weighted by Gasteiger charge is 2.42. The molecule has 6 heteroatoms. The molecule has 76 valence electrons. The molecule has 0 aromatic carbocycles. The summed E-state index contributed by atoms with van der Waals surface area (Å²) in [6, 6.07) is -0.734. The van der Waals surface area contributed by atoms with Crippen molar-refractivity contribution >= 4 is 23.6 Å². The molecule has 0 atom stereocenters. The van der Waals surface area contributed by atoms with Gasteiger partial charge in [0.25, 0.3) is 0 Å². The molecule has 0 spiro atoms. The van der Waals surface area contributed by atoms with Crippen molar-refractivity contribution in [1.29, 1.82) is 0 Å². The van der Waals surface area contributed by atoms with Crippen molar-refractivity contribution in [1.82, 2.24) is 9.80 Å². The number of carbonyl (C=O) groups is 4. The third kappa shape index (κ3) is 1.50. The van der Waals surface area contributed by atoms with Crippen LogP contribution in [0.5, 0.6) is 0 Å². The first-order chi connectivity index (χ1) is 6.49. The molecule has 14 heavy (non-hydrogen) atoms. The predicted molar refractivity (Wildman–Crippen MR) is 45.2 cm³/mol. The van der Waals surface area contributed by atoms with Crippen LogP contribution in [0.15, 0.2) is 0 Å². The van der Waals surface area contributed by atoms with Crippen LogP contribution >= 0.6 is 0 Å². The fourth-order valence-electron chi connectivity index (χ4n) is 1.04. The maximum Gasteiger partial charge on any atom is 0.334 e. The van der Waals surface area contributed by atoms with E-state index >= 15 is 0 Å². The van der Waals surface area contributed by atoms with E-state index in [1.165, 1.54) is 7.05 Å². The predicted octanol–water partition coefficient (Wildman–Crippen LogP) is -0.614. The molecule has 6 nitrogen and oxygen atoms in total. The van der Waals surface area contributed by atoms with E-state index in [0.717, 1.165) is 0 Å². The molecule has 1 heterocycles. The van der Waals surface area contributed by atoms with Gasteiger partial charge < -0.3 is 0 Å². The first kappa shape index (κ1) is 10.4. The second kappa shape index (κ2) is 3.57. The lowest BCUT2D eigenvalue weighted by Crippen LogP contribution is -2.35. The molecule has 1 saturated heterocycles. The van der Waals surface area contributed by atoms with Gasteiger partial charge >= 0.3 is 17.8 Å². The first-order valence-electron chi connectivity index (χ1n) is 4.14. The van der Waals surface area contributed by atoms with Crippen LogP contribution in [0.4, 0.5) is 4.79 Å². The van der Waals surface area contributed by atoms with Crippen LogP contribution in [0.1, 0.15) is 13.3 Å². The van der Waals surface area contributed by atoms with Crippen molar-refractivity contribution in [3.05, 3.63) is 0 Å². The van der Waals surface area contributed by atoms with E-state index in [0.29, 0.717) is 9.80 Å². The summed E-state index contributed by atoms with van der Waals surface area (Å²) < 4.78 is 0. The van der Waals surface area contributed by atoms with Crippen LogP contribution in [0.25, 0.3) is 0 Å². The summed E-state index contributed by atoms with van der Waals surface area (Å²) >= 11 is 0. The number of carbonyl (C=O) groups excluding carboxylic acids is 4. The lowest BCUT2D eigenvalue weighted by atomic mass is 10.3. The van der Waals surface area contributed by atoms with Gasteiger partial charge in [0.2, 0.25) is 0 Å². The molecule has 4 amide bonds. The summed E-state index contributed by atoms with van der Waals surface area (Å²) in [4.78, 5) is 45.7. The molecular weight excluding hydrogens is 188 g/mol. The van der Waals surface area contributed by atoms with Gasteiger partial charge in [0.15, 0.2) is 5.78 Å². The zero-order valence-corrected chi connectivity index (χ0v) is 7.94. The van der Waals surface area contributed by atoms with Crippen molar-refractivity contribution in [2.75, 3.05) is 13.6 Å². The summed E-state index contributed by atoms with van der Waals surface area (Å²) in [5.41, 5.74) is 0. The van der Waals surface area contributed by atoms with Crippen molar-refractivity contribution in [3.8, 4) is 0 Å². The van der Waals surface area contributed by atoms with Crippen molar-refractivity contribution < 1.29 is 19.2 Å².